The van der Waals surface area contributed by atoms with E-state index in [1.54, 1.807) is 6.07 Å². The number of anilines is 3. The molecule has 154 valence electrons. The van der Waals surface area contributed by atoms with Crippen LogP contribution in [0.4, 0.5) is 17.5 Å². The highest BCUT2D eigenvalue weighted by Gasteiger charge is 2.26. The van der Waals surface area contributed by atoms with Crippen molar-refractivity contribution in [1.82, 2.24) is 14.7 Å². The molecule has 3 rings (SSSR count). The third-order valence-electron chi connectivity index (χ3n) is 4.78. The lowest BCUT2D eigenvalue weighted by Crippen LogP contribution is -2.36. The lowest BCUT2D eigenvalue weighted by Gasteiger charge is -2.19. The summed E-state index contributed by atoms with van der Waals surface area (Å²) in [5.74, 6) is 1.24. The Morgan fingerprint density at radius 3 is 2.79 bits per heavy atom. The molecule has 1 aliphatic heterocycles. The number of sulfonamides is 1. The van der Waals surface area contributed by atoms with Crippen molar-refractivity contribution in [2.45, 2.75) is 39.2 Å². The summed E-state index contributed by atoms with van der Waals surface area (Å²) in [6.45, 7) is 5.28. The number of nitriles is 1. The Morgan fingerprint density at radius 2 is 2.10 bits per heavy atom. The molecule has 0 unspecified atom stereocenters. The molecule has 2 aromatic rings. The van der Waals surface area contributed by atoms with Gasteiger partial charge in [0, 0.05) is 36.6 Å². The molecule has 0 amide bonds. The molecule has 1 aromatic carbocycles. The molecule has 0 radical (unpaired) electrons. The van der Waals surface area contributed by atoms with Gasteiger partial charge in [-0.3, -0.25) is 0 Å². The summed E-state index contributed by atoms with van der Waals surface area (Å²) in [7, 11) is -3.24. The van der Waals surface area contributed by atoms with Crippen molar-refractivity contribution in [2.75, 3.05) is 29.6 Å². The number of aromatic nitrogens is 2. The second kappa shape index (κ2) is 8.76. The van der Waals surface area contributed by atoms with E-state index in [0.29, 0.717) is 18.1 Å². The Morgan fingerprint density at radius 1 is 1.31 bits per heavy atom. The van der Waals surface area contributed by atoms with Gasteiger partial charge in [0.15, 0.2) is 0 Å². The largest absolute Gasteiger partial charge is 0.355 e. The van der Waals surface area contributed by atoms with Crippen LogP contribution in [0.15, 0.2) is 24.3 Å². The summed E-state index contributed by atoms with van der Waals surface area (Å²) in [5.41, 5.74) is 3.20. The summed E-state index contributed by atoms with van der Waals surface area (Å²) >= 11 is 0. The Kier molecular flexibility index (Phi) is 6.35. The summed E-state index contributed by atoms with van der Waals surface area (Å²) in [6.07, 6.45) is 3.68. The average molecular weight is 415 g/mol. The highest BCUT2D eigenvalue weighted by molar-refractivity contribution is 7.88. The maximum atomic E-state index is 11.5. The minimum Gasteiger partial charge on any atom is -0.355 e. The van der Waals surface area contributed by atoms with E-state index in [4.69, 9.17) is 0 Å². The zero-order valence-electron chi connectivity index (χ0n) is 16.9. The second-order valence-electron chi connectivity index (χ2n) is 7.38. The molecule has 2 heterocycles. The average Bonchev–Trinajstić information content (AvgIpc) is 3.10. The molecule has 2 N–H and O–H groups in total. The maximum absolute atomic E-state index is 11.5. The molecule has 0 saturated carbocycles. The number of rotatable bonds is 7. The Bertz CT molecular complexity index is 1030. The van der Waals surface area contributed by atoms with E-state index < -0.39 is 10.0 Å². The van der Waals surface area contributed by atoms with Gasteiger partial charge in [0.2, 0.25) is 16.0 Å². The molecule has 1 fully saturated rings. The summed E-state index contributed by atoms with van der Waals surface area (Å²) in [6, 6.07) is 9.60. The number of nitrogens with one attached hydrogen (secondary N) is 2. The monoisotopic (exact) mass is 414 g/mol. The molecule has 9 heteroatoms. The summed E-state index contributed by atoms with van der Waals surface area (Å²) in [4.78, 5) is 11.3. The van der Waals surface area contributed by atoms with Gasteiger partial charge in [0.05, 0.1) is 17.9 Å². The van der Waals surface area contributed by atoms with Gasteiger partial charge in [-0.2, -0.15) is 10.2 Å². The Labute approximate surface area is 172 Å². The van der Waals surface area contributed by atoms with Crippen LogP contribution in [-0.2, 0) is 16.4 Å². The lowest BCUT2D eigenvalue weighted by atomic mass is 10.1. The third kappa shape index (κ3) is 5.65. The SMILES string of the molecule is CCCc1cc(N2CC[C@H](NS(C)(=O)=O)C2)nc(Nc2ccc(C)c(C#N)c2)n1. The van der Waals surface area contributed by atoms with E-state index in [9.17, 15) is 13.7 Å². The molecule has 8 nitrogen and oxygen atoms in total. The van der Waals surface area contributed by atoms with E-state index in [1.165, 1.54) is 6.26 Å². The lowest BCUT2D eigenvalue weighted by molar-refractivity contribution is 0.567. The third-order valence-corrected chi connectivity index (χ3v) is 5.54. The molecule has 1 aromatic heterocycles. The molecule has 0 spiro atoms. The van der Waals surface area contributed by atoms with Crippen LogP contribution in [-0.4, -0.2) is 43.8 Å². The first-order valence-electron chi connectivity index (χ1n) is 9.65. The van der Waals surface area contributed by atoms with Crippen molar-refractivity contribution in [3.8, 4) is 6.07 Å². The van der Waals surface area contributed by atoms with Gasteiger partial charge in [-0.05, 0) is 37.5 Å². The minimum atomic E-state index is -3.24. The van der Waals surface area contributed by atoms with Crippen LogP contribution in [0.2, 0.25) is 0 Å². The van der Waals surface area contributed by atoms with Crippen LogP contribution in [0.5, 0.6) is 0 Å². The second-order valence-corrected chi connectivity index (χ2v) is 9.16. The van der Waals surface area contributed by atoms with E-state index in [2.05, 4.69) is 37.9 Å². The van der Waals surface area contributed by atoms with Gasteiger partial charge < -0.3 is 10.2 Å². The smallest absolute Gasteiger partial charge is 0.229 e. The van der Waals surface area contributed by atoms with E-state index in [0.717, 1.165) is 48.6 Å². The fourth-order valence-electron chi connectivity index (χ4n) is 3.40. The van der Waals surface area contributed by atoms with Crippen LogP contribution in [0.1, 0.15) is 36.6 Å². The number of hydrogen-bond acceptors (Lipinski definition) is 7. The topological polar surface area (TPSA) is 111 Å². The molecule has 1 aliphatic rings. The van der Waals surface area contributed by atoms with Crippen LogP contribution in [0, 0.1) is 18.3 Å². The van der Waals surface area contributed by atoms with Gasteiger partial charge in [-0.1, -0.05) is 19.4 Å². The normalized spacial score (nSPS) is 16.6. The summed E-state index contributed by atoms with van der Waals surface area (Å²) in [5, 5.41) is 12.5. The molecule has 0 bridgehead atoms. The standard InChI is InChI=1S/C20H26N6O2S/c1-4-5-16-11-19(26-9-8-18(13-26)25-29(3,27)28)24-20(22-16)23-17-7-6-14(2)15(10-17)12-21/h6-7,10-11,18,25H,4-5,8-9,13H2,1-3H3,(H,22,23,24)/t18-/m0/s1. The zero-order chi connectivity index (χ0) is 21.0. The first-order chi connectivity index (χ1) is 13.8. The fraction of sp³-hybridized carbons (Fsp3) is 0.450. The number of hydrogen-bond donors (Lipinski definition) is 2. The molecule has 1 atom stereocenters. The number of aryl methyl sites for hydroxylation is 2. The van der Waals surface area contributed by atoms with Gasteiger partial charge in [-0.25, -0.2) is 18.1 Å². The Hall–Kier alpha value is -2.70. The predicted molar refractivity (Wildman–Crippen MR) is 114 cm³/mol. The summed E-state index contributed by atoms with van der Waals surface area (Å²) < 4.78 is 25.7. The quantitative estimate of drug-likeness (QED) is 0.716. The molecule has 29 heavy (non-hydrogen) atoms. The van der Waals surface area contributed by atoms with Gasteiger partial charge in [0.25, 0.3) is 0 Å². The first kappa shape index (κ1) is 21.0. The highest BCUT2D eigenvalue weighted by atomic mass is 32.2. The van der Waals surface area contributed by atoms with Gasteiger partial charge in [0.1, 0.15) is 5.82 Å². The first-order valence-corrected chi connectivity index (χ1v) is 11.5. The van der Waals surface area contributed by atoms with Crippen LogP contribution < -0.4 is 14.9 Å². The van der Waals surface area contributed by atoms with Gasteiger partial charge >= 0.3 is 0 Å². The molecular formula is C20H26N6O2S. The highest BCUT2D eigenvalue weighted by Crippen LogP contribution is 2.24. The molecule has 0 aliphatic carbocycles. The van der Waals surface area contributed by atoms with Gasteiger partial charge in [-0.15, -0.1) is 0 Å². The van der Waals surface area contributed by atoms with E-state index in [1.807, 2.05) is 25.1 Å². The number of nitrogens with zero attached hydrogens (tertiary/aromatic N) is 4. The van der Waals surface area contributed by atoms with E-state index in [-0.39, 0.29) is 6.04 Å². The van der Waals surface area contributed by atoms with Crippen molar-refractivity contribution < 1.29 is 8.42 Å². The van der Waals surface area contributed by atoms with Crippen molar-refractivity contribution in [1.29, 1.82) is 5.26 Å². The maximum Gasteiger partial charge on any atom is 0.229 e. The number of benzene rings is 1. The van der Waals surface area contributed by atoms with Crippen molar-refractivity contribution in [3.63, 3.8) is 0 Å². The fourth-order valence-corrected chi connectivity index (χ4v) is 4.20. The van der Waals surface area contributed by atoms with Crippen LogP contribution in [0.3, 0.4) is 0 Å². The van der Waals surface area contributed by atoms with E-state index >= 15 is 0 Å². The minimum absolute atomic E-state index is 0.124. The molecular weight excluding hydrogens is 388 g/mol. The van der Waals surface area contributed by atoms with Crippen molar-refractivity contribution in [2.24, 2.45) is 0 Å². The molecule has 1 saturated heterocycles. The van der Waals surface area contributed by atoms with Crippen LogP contribution in [0.25, 0.3) is 0 Å². The van der Waals surface area contributed by atoms with Crippen LogP contribution >= 0.6 is 0 Å². The zero-order valence-corrected chi connectivity index (χ0v) is 17.8. The van der Waals surface area contributed by atoms with Crippen molar-refractivity contribution in [3.05, 3.63) is 41.1 Å². The Balaban J connectivity index is 1.84. The predicted octanol–water partition coefficient (Wildman–Crippen LogP) is 2.48. The van der Waals surface area contributed by atoms with Crippen molar-refractivity contribution >= 4 is 27.5 Å².